The van der Waals surface area contributed by atoms with Gasteiger partial charge in [-0.25, -0.2) is 0 Å². The summed E-state index contributed by atoms with van der Waals surface area (Å²) in [7, 11) is 0. The highest BCUT2D eigenvalue weighted by atomic mass is 35.5. The number of benzene rings is 2. The quantitative estimate of drug-likeness (QED) is 0.830. The van der Waals surface area contributed by atoms with Gasteiger partial charge < -0.3 is 11.1 Å². The van der Waals surface area contributed by atoms with Gasteiger partial charge in [-0.15, -0.1) is 24.2 Å². The molecule has 0 saturated heterocycles. The van der Waals surface area contributed by atoms with Crippen molar-refractivity contribution < 1.29 is 4.79 Å². The van der Waals surface area contributed by atoms with Crippen LogP contribution in [0.5, 0.6) is 0 Å². The lowest BCUT2D eigenvalue weighted by atomic mass is 10.1. The van der Waals surface area contributed by atoms with Crippen LogP contribution in [-0.2, 0) is 4.79 Å². The highest BCUT2D eigenvalue weighted by Crippen LogP contribution is 2.23. The van der Waals surface area contributed by atoms with E-state index in [9.17, 15) is 4.79 Å². The standard InChI is InChI=1S/C16H20N2OS.ClH/c1-16(2,17)11-18-15(19)10-20-14-8-7-12-5-3-4-6-13(12)9-14;/h3-9H,10-11,17H2,1-2H3,(H,18,19);1H. The molecular formula is C16H21ClN2OS. The number of carbonyl (C=O) groups is 1. The number of carbonyl (C=O) groups excluding carboxylic acids is 1. The molecule has 0 radical (unpaired) electrons. The maximum absolute atomic E-state index is 11.7. The summed E-state index contributed by atoms with van der Waals surface area (Å²) in [5, 5.41) is 5.25. The van der Waals surface area contributed by atoms with Crippen LogP contribution in [0.15, 0.2) is 47.4 Å². The number of thioether (sulfide) groups is 1. The lowest BCUT2D eigenvalue weighted by molar-refractivity contribution is -0.118. The summed E-state index contributed by atoms with van der Waals surface area (Å²) < 4.78 is 0. The lowest BCUT2D eigenvalue weighted by Crippen LogP contribution is -2.45. The van der Waals surface area contributed by atoms with Gasteiger partial charge in [0.25, 0.3) is 0 Å². The summed E-state index contributed by atoms with van der Waals surface area (Å²) in [6.45, 7) is 4.28. The van der Waals surface area contributed by atoms with E-state index in [1.165, 1.54) is 10.8 Å². The third-order valence-electron chi connectivity index (χ3n) is 2.83. The Morgan fingerprint density at radius 3 is 2.52 bits per heavy atom. The van der Waals surface area contributed by atoms with Gasteiger partial charge in [-0.05, 0) is 36.8 Å². The Bertz CT molecular complexity index is 610. The topological polar surface area (TPSA) is 55.1 Å². The molecule has 0 bridgehead atoms. The zero-order chi connectivity index (χ0) is 14.6. The van der Waals surface area contributed by atoms with Gasteiger partial charge in [-0.1, -0.05) is 30.3 Å². The van der Waals surface area contributed by atoms with E-state index in [1.54, 1.807) is 11.8 Å². The minimum atomic E-state index is -0.372. The first kappa shape index (κ1) is 17.8. The van der Waals surface area contributed by atoms with E-state index in [2.05, 4.69) is 29.6 Å². The van der Waals surface area contributed by atoms with Crippen LogP contribution < -0.4 is 11.1 Å². The van der Waals surface area contributed by atoms with Crippen molar-refractivity contribution in [2.75, 3.05) is 12.3 Å². The van der Waals surface area contributed by atoms with Crippen molar-refractivity contribution in [3.05, 3.63) is 42.5 Å². The molecule has 0 aromatic heterocycles. The predicted molar refractivity (Wildman–Crippen MR) is 93.2 cm³/mol. The van der Waals surface area contributed by atoms with Gasteiger partial charge in [0.15, 0.2) is 0 Å². The minimum absolute atomic E-state index is 0. The Morgan fingerprint density at radius 2 is 1.86 bits per heavy atom. The summed E-state index contributed by atoms with van der Waals surface area (Å²) in [4.78, 5) is 12.8. The van der Waals surface area contributed by atoms with Crippen LogP contribution in [0.2, 0.25) is 0 Å². The van der Waals surface area contributed by atoms with Crippen LogP contribution in [0.1, 0.15) is 13.8 Å². The number of halogens is 1. The zero-order valence-corrected chi connectivity index (χ0v) is 13.9. The van der Waals surface area contributed by atoms with Gasteiger partial charge in [0.2, 0.25) is 5.91 Å². The highest BCUT2D eigenvalue weighted by Gasteiger charge is 2.12. The van der Waals surface area contributed by atoms with Crippen LogP contribution in [0.3, 0.4) is 0 Å². The minimum Gasteiger partial charge on any atom is -0.354 e. The van der Waals surface area contributed by atoms with Gasteiger partial charge in [0.1, 0.15) is 0 Å². The number of nitrogens with one attached hydrogen (secondary N) is 1. The molecule has 2 aromatic carbocycles. The predicted octanol–water partition coefficient (Wildman–Crippen LogP) is 3.21. The maximum atomic E-state index is 11.7. The number of nitrogens with two attached hydrogens (primary N) is 1. The number of amides is 1. The molecule has 2 aromatic rings. The molecule has 0 saturated carbocycles. The van der Waals surface area contributed by atoms with E-state index < -0.39 is 0 Å². The molecule has 0 aliphatic heterocycles. The Morgan fingerprint density at radius 1 is 1.19 bits per heavy atom. The summed E-state index contributed by atoms with van der Waals surface area (Å²) in [5.41, 5.74) is 5.46. The van der Waals surface area contributed by atoms with E-state index in [4.69, 9.17) is 5.73 Å². The molecule has 0 unspecified atom stereocenters. The fourth-order valence-corrected chi connectivity index (χ4v) is 2.56. The molecular weight excluding hydrogens is 304 g/mol. The average molecular weight is 325 g/mol. The van der Waals surface area contributed by atoms with Gasteiger partial charge >= 0.3 is 0 Å². The first-order valence-electron chi connectivity index (χ1n) is 6.61. The van der Waals surface area contributed by atoms with E-state index in [0.29, 0.717) is 12.3 Å². The van der Waals surface area contributed by atoms with Crippen molar-refractivity contribution in [2.24, 2.45) is 5.73 Å². The molecule has 3 nitrogen and oxygen atoms in total. The van der Waals surface area contributed by atoms with Crippen molar-refractivity contribution in [2.45, 2.75) is 24.3 Å². The van der Waals surface area contributed by atoms with Crippen molar-refractivity contribution >= 4 is 40.8 Å². The Labute approximate surface area is 136 Å². The molecule has 0 spiro atoms. The summed E-state index contributed by atoms with van der Waals surface area (Å²) in [6, 6.07) is 14.5. The number of fused-ring (bicyclic) bond motifs is 1. The molecule has 5 heteroatoms. The van der Waals surface area contributed by atoms with Gasteiger partial charge in [0, 0.05) is 17.0 Å². The Hall–Kier alpha value is -1.23. The molecule has 1 amide bonds. The van der Waals surface area contributed by atoms with Crippen LogP contribution in [0.25, 0.3) is 10.8 Å². The van der Waals surface area contributed by atoms with Gasteiger partial charge in [0.05, 0.1) is 5.75 Å². The van der Waals surface area contributed by atoms with Crippen molar-refractivity contribution in [1.29, 1.82) is 0 Å². The third kappa shape index (κ3) is 5.96. The number of hydrogen-bond donors (Lipinski definition) is 2. The normalized spacial score (nSPS) is 11.0. The van der Waals surface area contributed by atoms with Crippen molar-refractivity contribution in [3.63, 3.8) is 0 Å². The third-order valence-corrected chi connectivity index (χ3v) is 3.83. The SMILES string of the molecule is CC(C)(N)CNC(=O)CSc1ccc2ccccc2c1.Cl. The van der Waals surface area contributed by atoms with E-state index in [-0.39, 0.29) is 23.9 Å². The molecule has 2 rings (SSSR count). The molecule has 0 aliphatic carbocycles. The van der Waals surface area contributed by atoms with Crippen molar-refractivity contribution in [3.8, 4) is 0 Å². The molecule has 3 N–H and O–H groups in total. The van der Waals surface area contributed by atoms with E-state index in [0.717, 1.165) is 4.90 Å². The average Bonchev–Trinajstić information content (AvgIpc) is 2.42. The van der Waals surface area contributed by atoms with Crippen LogP contribution in [-0.4, -0.2) is 23.7 Å². The van der Waals surface area contributed by atoms with Gasteiger partial charge in [-0.3, -0.25) is 4.79 Å². The second-order valence-electron chi connectivity index (χ2n) is 5.56. The first-order chi connectivity index (χ1) is 9.44. The zero-order valence-electron chi connectivity index (χ0n) is 12.3. The van der Waals surface area contributed by atoms with Crippen molar-refractivity contribution in [1.82, 2.24) is 5.32 Å². The number of rotatable bonds is 5. The Kier molecular flexibility index (Phi) is 6.52. The highest BCUT2D eigenvalue weighted by molar-refractivity contribution is 8.00. The Balaban J connectivity index is 0.00000220. The molecule has 0 heterocycles. The summed E-state index contributed by atoms with van der Waals surface area (Å²) in [5.74, 6) is 0.427. The fraction of sp³-hybridized carbons (Fsp3) is 0.312. The first-order valence-corrected chi connectivity index (χ1v) is 7.60. The summed E-state index contributed by atoms with van der Waals surface area (Å²) in [6.07, 6.45) is 0. The largest absolute Gasteiger partial charge is 0.354 e. The second kappa shape index (κ2) is 7.69. The summed E-state index contributed by atoms with van der Waals surface area (Å²) >= 11 is 1.54. The second-order valence-corrected chi connectivity index (χ2v) is 6.61. The van der Waals surface area contributed by atoms with Crippen LogP contribution >= 0.6 is 24.2 Å². The van der Waals surface area contributed by atoms with E-state index in [1.807, 2.05) is 32.0 Å². The molecule has 21 heavy (non-hydrogen) atoms. The van der Waals surface area contributed by atoms with Gasteiger partial charge in [-0.2, -0.15) is 0 Å². The monoisotopic (exact) mass is 324 g/mol. The molecule has 0 atom stereocenters. The van der Waals surface area contributed by atoms with Crippen LogP contribution in [0, 0.1) is 0 Å². The molecule has 0 fully saturated rings. The maximum Gasteiger partial charge on any atom is 0.230 e. The molecule has 0 aliphatic rings. The lowest BCUT2D eigenvalue weighted by Gasteiger charge is -2.18. The van der Waals surface area contributed by atoms with Crippen LogP contribution in [0.4, 0.5) is 0 Å². The smallest absolute Gasteiger partial charge is 0.230 e. The molecule has 114 valence electrons. The number of hydrogen-bond acceptors (Lipinski definition) is 3. The fourth-order valence-electron chi connectivity index (χ4n) is 1.78. The van der Waals surface area contributed by atoms with E-state index >= 15 is 0 Å².